The number of nitrogens with one attached hydrogen (secondary N) is 2. The smallest absolute Gasteiger partial charge is 0.217 e. The van der Waals surface area contributed by atoms with Crippen molar-refractivity contribution in [3.63, 3.8) is 0 Å². The Morgan fingerprint density at radius 1 is 1.18 bits per heavy atom. The highest BCUT2D eigenvalue weighted by Crippen LogP contribution is 2.36. The van der Waals surface area contributed by atoms with Gasteiger partial charge in [-0.1, -0.05) is 12.1 Å². The first-order valence-electron chi connectivity index (χ1n) is 11.6. The first-order chi connectivity index (χ1) is 16.3. The molecule has 0 bridgehead atoms. The number of halogens is 2. The van der Waals surface area contributed by atoms with Gasteiger partial charge >= 0.3 is 0 Å². The zero-order valence-electron chi connectivity index (χ0n) is 19.4. The van der Waals surface area contributed by atoms with Crippen LogP contribution in [0, 0.1) is 18.6 Å². The molecule has 1 aromatic heterocycles. The van der Waals surface area contributed by atoms with E-state index in [1.807, 2.05) is 0 Å². The number of hydrogen-bond donors (Lipinski definition) is 3. The molecule has 0 aliphatic heterocycles. The van der Waals surface area contributed by atoms with Crippen molar-refractivity contribution in [3.8, 4) is 10.4 Å². The number of aryl methyl sites for hydroxylation is 2. The Kier molecular flexibility index (Phi) is 7.76. The van der Waals surface area contributed by atoms with Gasteiger partial charge < -0.3 is 15.7 Å². The van der Waals surface area contributed by atoms with Gasteiger partial charge in [-0.15, -0.1) is 11.3 Å². The number of hydrogen-bond acceptors (Lipinski definition) is 4. The van der Waals surface area contributed by atoms with Crippen LogP contribution in [0.1, 0.15) is 48.1 Å². The van der Waals surface area contributed by atoms with E-state index in [1.54, 1.807) is 11.3 Å². The first-order valence-corrected chi connectivity index (χ1v) is 12.5. The van der Waals surface area contributed by atoms with Crippen LogP contribution in [-0.4, -0.2) is 29.7 Å². The second kappa shape index (κ2) is 10.8. The number of aliphatic hydroxyl groups excluding tert-OH is 1. The molecule has 3 N–H and O–H groups in total. The summed E-state index contributed by atoms with van der Waals surface area (Å²) in [7, 11) is 0. The number of fused-ring (bicyclic) bond motifs is 1. The minimum absolute atomic E-state index is 0.0863. The number of rotatable bonds is 8. The number of amides is 1. The van der Waals surface area contributed by atoms with E-state index >= 15 is 0 Å². The lowest BCUT2D eigenvalue weighted by molar-refractivity contribution is -0.120. The van der Waals surface area contributed by atoms with Crippen molar-refractivity contribution in [1.29, 1.82) is 0 Å². The van der Waals surface area contributed by atoms with Crippen molar-refractivity contribution in [3.05, 3.63) is 81.7 Å². The Labute approximate surface area is 203 Å². The minimum Gasteiger partial charge on any atom is -0.390 e. The molecule has 1 heterocycles. The average Bonchev–Trinajstić information content (AvgIpc) is 3.21. The fourth-order valence-electron chi connectivity index (χ4n) is 4.75. The van der Waals surface area contributed by atoms with Crippen molar-refractivity contribution >= 4 is 17.2 Å². The summed E-state index contributed by atoms with van der Waals surface area (Å²) in [5, 5.41) is 19.2. The largest absolute Gasteiger partial charge is 0.390 e. The van der Waals surface area contributed by atoms with E-state index in [2.05, 4.69) is 47.2 Å². The van der Waals surface area contributed by atoms with Crippen molar-refractivity contribution in [2.45, 2.75) is 57.7 Å². The average molecular weight is 485 g/mol. The van der Waals surface area contributed by atoms with Crippen LogP contribution in [0.25, 0.3) is 10.4 Å². The van der Waals surface area contributed by atoms with Crippen LogP contribution in [0.4, 0.5) is 8.78 Å². The van der Waals surface area contributed by atoms with E-state index in [1.165, 1.54) is 46.2 Å². The number of carbonyl (C=O) groups excluding carboxylic acids is 1. The van der Waals surface area contributed by atoms with Gasteiger partial charge in [0.15, 0.2) is 0 Å². The van der Waals surface area contributed by atoms with Crippen molar-refractivity contribution < 1.29 is 18.7 Å². The van der Waals surface area contributed by atoms with E-state index in [0.717, 1.165) is 25.3 Å². The molecule has 0 saturated carbocycles. The van der Waals surface area contributed by atoms with Crippen LogP contribution >= 0.6 is 11.3 Å². The highest BCUT2D eigenvalue weighted by Gasteiger charge is 2.25. The Morgan fingerprint density at radius 2 is 1.94 bits per heavy atom. The summed E-state index contributed by atoms with van der Waals surface area (Å²) in [6.45, 7) is 3.73. The molecule has 180 valence electrons. The molecule has 1 aliphatic carbocycles. The van der Waals surface area contributed by atoms with Gasteiger partial charge in [-0.3, -0.25) is 4.79 Å². The second-order valence-electron chi connectivity index (χ2n) is 9.06. The molecule has 3 unspecified atom stereocenters. The lowest BCUT2D eigenvalue weighted by atomic mass is 9.86. The highest BCUT2D eigenvalue weighted by atomic mass is 32.1. The maximum absolute atomic E-state index is 13.6. The van der Waals surface area contributed by atoms with Crippen LogP contribution in [0.5, 0.6) is 0 Å². The van der Waals surface area contributed by atoms with Gasteiger partial charge in [0.25, 0.3) is 0 Å². The van der Waals surface area contributed by atoms with Crippen LogP contribution in [0.2, 0.25) is 0 Å². The molecule has 4 nitrogen and oxygen atoms in total. The minimum atomic E-state index is -0.927. The molecule has 1 amide bonds. The summed E-state index contributed by atoms with van der Waals surface area (Å²) < 4.78 is 27.3. The molecule has 3 atom stereocenters. The zero-order chi connectivity index (χ0) is 24.2. The van der Waals surface area contributed by atoms with E-state index in [0.29, 0.717) is 5.56 Å². The monoisotopic (exact) mass is 484 g/mol. The van der Waals surface area contributed by atoms with Gasteiger partial charge in [-0.05, 0) is 90.1 Å². The summed E-state index contributed by atoms with van der Waals surface area (Å²) in [5.74, 6) is -1.67. The second-order valence-corrected chi connectivity index (χ2v) is 9.97. The van der Waals surface area contributed by atoms with Crippen LogP contribution < -0.4 is 10.6 Å². The normalized spacial score (nSPS) is 17.1. The predicted octanol–water partition coefficient (Wildman–Crippen LogP) is 5.08. The summed E-state index contributed by atoms with van der Waals surface area (Å²) >= 11 is 1.73. The summed E-state index contributed by atoms with van der Waals surface area (Å²) in [6.07, 6.45) is 2.23. The Balaban J connectivity index is 1.48. The summed E-state index contributed by atoms with van der Waals surface area (Å²) in [5.41, 5.74) is 5.39. The fraction of sp³-hybridized carbons (Fsp3) is 0.370. The molecular weight excluding hydrogens is 454 g/mol. The Bertz CT molecular complexity index is 1140. The molecule has 0 saturated heterocycles. The van der Waals surface area contributed by atoms with Gasteiger partial charge in [0.2, 0.25) is 5.91 Å². The molecule has 2 aromatic carbocycles. The SMILES string of the molecule is CC(=O)NC(Cc1cc(F)cc(F)c1)C(O)CNC1CCCc2ccc(-c3sccc3C)cc21. The van der Waals surface area contributed by atoms with E-state index in [4.69, 9.17) is 0 Å². The van der Waals surface area contributed by atoms with E-state index in [-0.39, 0.29) is 24.9 Å². The fourth-order valence-corrected chi connectivity index (χ4v) is 5.68. The third-order valence-corrected chi connectivity index (χ3v) is 7.45. The van der Waals surface area contributed by atoms with Crippen molar-refractivity contribution in [2.75, 3.05) is 6.54 Å². The molecular formula is C27H30F2N2O2S. The molecule has 0 radical (unpaired) electrons. The third kappa shape index (κ3) is 5.90. The van der Waals surface area contributed by atoms with Crippen LogP contribution in [0.3, 0.4) is 0 Å². The topological polar surface area (TPSA) is 61.4 Å². The van der Waals surface area contributed by atoms with Gasteiger partial charge in [0, 0.05) is 30.5 Å². The first kappa shape index (κ1) is 24.5. The van der Waals surface area contributed by atoms with Crippen LogP contribution in [-0.2, 0) is 17.6 Å². The van der Waals surface area contributed by atoms with Gasteiger partial charge in [0.1, 0.15) is 11.6 Å². The van der Waals surface area contributed by atoms with Crippen molar-refractivity contribution in [2.24, 2.45) is 0 Å². The molecule has 34 heavy (non-hydrogen) atoms. The number of aliphatic hydroxyl groups is 1. The number of thiophene rings is 1. The Hall–Kier alpha value is -2.61. The van der Waals surface area contributed by atoms with Crippen molar-refractivity contribution in [1.82, 2.24) is 10.6 Å². The number of benzene rings is 2. The van der Waals surface area contributed by atoms with Gasteiger partial charge in [0.05, 0.1) is 12.1 Å². The van der Waals surface area contributed by atoms with Gasteiger partial charge in [-0.25, -0.2) is 8.78 Å². The Morgan fingerprint density at radius 3 is 2.62 bits per heavy atom. The van der Waals surface area contributed by atoms with E-state index < -0.39 is 23.8 Å². The predicted molar refractivity (Wildman–Crippen MR) is 132 cm³/mol. The van der Waals surface area contributed by atoms with Gasteiger partial charge in [-0.2, -0.15) is 0 Å². The summed E-state index contributed by atoms with van der Waals surface area (Å²) in [6, 6.07) is 11.4. The molecule has 0 fully saturated rings. The molecule has 3 aromatic rings. The molecule has 4 rings (SSSR count). The zero-order valence-corrected chi connectivity index (χ0v) is 20.2. The lowest BCUT2D eigenvalue weighted by Gasteiger charge is -2.30. The molecule has 1 aliphatic rings. The maximum atomic E-state index is 13.6. The maximum Gasteiger partial charge on any atom is 0.217 e. The van der Waals surface area contributed by atoms with Crippen LogP contribution in [0.15, 0.2) is 47.8 Å². The highest BCUT2D eigenvalue weighted by molar-refractivity contribution is 7.13. The molecule has 0 spiro atoms. The number of carbonyl (C=O) groups is 1. The lowest BCUT2D eigenvalue weighted by Crippen LogP contribution is -2.48. The van der Waals surface area contributed by atoms with E-state index in [9.17, 15) is 18.7 Å². The standard InChI is InChI=1S/C27H30F2N2O2S/c1-16-8-9-34-27(16)20-7-6-19-4-3-5-24(23(19)13-20)30-15-26(33)25(31-17(2)32)12-18-10-21(28)14-22(29)11-18/h6-11,13-14,24-26,30,33H,3-5,12,15H2,1-2H3,(H,31,32). The summed E-state index contributed by atoms with van der Waals surface area (Å²) in [4.78, 5) is 13.0. The quantitative estimate of drug-likeness (QED) is 0.418. The third-order valence-electron chi connectivity index (χ3n) is 6.39. The molecule has 7 heteroatoms.